The predicted molar refractivity (Wildman–Crippen MR) is 66.0 cm³/mol. The van der Waals surface area contributed by atoms with Gasteiger partial charge in [0.1, 0.15) is 0 Å². The van der Waals surface area contributed by atoms with Crippen molar-refractivity contribution in [2.45, 2.75) is 81.1 Å². The van der Waals surface area contributed by atoms with Crippen molar-refractivity contribution in [2.75, 3.05) is 0 Å². The van der Waals surface area contributed by atoms with Crippen LogP contribution in [0.2, 0.25) is 0 Å². The van der Waals surface area contributed by atoms with E-state index in [0.717, 1.165) is 10.5 Å². The summed E-state index contributed by atoms with van der Waals surface area (Å²) in [6.45, 7) is 0. The van der Waals surface area contributed by atoms with Crippen molar-refractivity contribution in [3.63, 3.8) is 0 Å². The molecule has 2 rings (SSSR count). The van der Waals surface area contributed by atoms with Crippen LogP contribution in [0.3, 0.4) is 0 Å². The zero-order valence-electron chi connectivity index (χ0n) is 9.34. The fourth-order valence-electron chi connectivity index (χ4n) is 2.85. The van der Waals surface area contributed by atoms with Gasteiger partial charge in [0.2, 0.25) is 0 Å². The lowest BCUT2D eigenvalue weighted by Gasteiger charge is -2.22. The molecular formula is C13H24S. The second kappa shape index (κ2) is 6.05. The van der Waals surface area contributed by atoms with E-state index in [1.165, 1.54) is 70.6 Å². The molecule has 0 nitrogen and oxygen atoms in total. The Labute approximate surface area is 93.2 Å². The molecule has 1 heteroatoms. The lowest BCUT2D eigenvalue weighted by atomic mass is 10.0. The maximum atomic E-state index is 2.35. The average Bonchev–Trinajstić information content (AvgIpc) is 2.62. The van der Waals surface area contributed by atoms with E-state index >= 15 is 0 Å². The second-order valence-electron chi connectivity index (χ2n) is 5.01. The Kier molecular flexibility index (Phi) is 4.69. The van der Waals surface area contributed by atoms with Crippen LogP contribution in [0.15, 0.2) is 0 Å². The highest BCUT2D eigenvalue weighted by atomic mass is 32.2. The van der Waals surface area contributed by atoms with Gasteiger partial charge in [-0.25, -0.2) is 0 Å². The molecule has 0 N–H and O–H groups in total. The van der Waals surface area contributed by atoms with Crippen molar-refractivity contribution in [2.24, 2.45) is 0 Å². The first kappa shape index (κ1) is 10.9. The van der Waals surface area contributed by atoms with Gasteiger partial charge in [0.05, 0.1) is 0 Å². The molecule has 0 bridgehead atoms. The first-order valence-electron chi connectivity index (χ1n) is 6.60. The predicted octanol–water partition coefficient (Wildman–Crippen LogP) is 4.78. The summed E-state index contributed by atoms with van der Waals surface area (Å²) in [5, 5.41) is 2.07. The molecule has 0 unspecified atom stereocenters. The van der Waals surface area contributed by atoms with Crippen LogP contribution >= 0.6 is 11.8 Å². The molecule has 82 valence electrons. The summed E-state index contributed by atoms with van der Waals surface area (Å²) in [6.07, 6.45) is 16.6. The highest BCUT2D eigenvalue weighted by Gasteiger charge is 2.20. The molecule has 0 radical (unpaired) electrons. The third kappa shape index (κ3) is 3.49. The molecule has 0 aromatic carbocycles. The molecule has 0 atom stereocenters. The first-order valence-corrected chi connectivity index (χ1v) is 7.55. The lowest BCUT2D eigenvalue weighted by Crippen LogP contribution is -2.10. The van der Waals surface area contributed by atoms with E-state index in [1.807, 2.05) is 0 Å². The van der Waals surface area contributed by atoms with Crippen molar-refractivity contribution in [1.29, 1.82) is 0 Å². The fourth-order valence-corrected chi connectivity index (χ4v) is 4.61. The third-order valence-corrected chi connectivity index (χ3v) is 5.45. The van der Waals surface area contributed by atoms with Crippen LogP contribution in [0.25, 0.3) is 0 Å². The van der Waals surface area contributed by atoms with E-state index in [4.69, 9.17) is 0 Å². The molecule has 0 aromatic rings. The van der Waals surface area contributed by atoms with E-state index in [-0.39, 0.29) is 0 Å². The Balaban J connectivity index is 1.70. The van der Waals surface area contributed by atoms with Crippen LogP contribution in [-0.2, 0) is 0 Å². The molecule has 0 aliphatic heterocycles. The van der Waals surface area contributed by atoms with Crippen molar-refractivity contribution < 1.29 is 0 Å². The molecule has 2 aliphatic carbocycles. The summed E-state index contributed by atoms with van der Waals surface area (Å²) in [7, 11) is 0. The highest BCUT2D eigenvalue weighted by molar-refractivity contribution is 8.00. The molecule has 0 heterocycles. The number of thioether (sulfide) groups is 1. The smallest absolute Gasteiger partial charge is 0.00498 e. The fraction of sp³-hybridized carbons (Fsp3) is 1.00. The summed E-state index contributed by atoms with van der Waals surface area (Å²) in [4.78, 5) is 0. The van der Waals surface area contributed by atoms with Gasteiger partial charge in [-0.3, -0.25) is 0 Å². The van der Waals surface area contributed by atoms with E-state index in [1.54, 1.807) is 0 Å². The first-order chi connectivity index (χ1) is 6.95. The number of rotatable bonds is 2. The van der Waals surface area contributed by atoms with Crippen LogP contribution in [0.1, 0.15) is 70.6 Å². The van der Waals surface area contributed by atoms with Gasteiger partial charge in [-0.15, -0.1) is 0 Å². The largest absolute Gasteiger partial charge is 0.155 e. The second-order valence-corrected chi connectivity index (χ2v) is 6.62. The quantitative estimate of drug-likeness (QED) is 0.635. The van der Waals surface area contributed by atoms with E-state index in [0.29, 0.717) is 0 Å². The topological polar surface area (TPSA) is 0 Å². The van der Waals surface area contributed by atoms with Gasteiger partial charge in [-0.1, -0.05) is 44.9 Å². The van der Waals surface area contributed by atoms with Gasteiger partial charge >= 0.3 is 0 Å². The Morgan fingerprint density at radius 3 is 1.36 bits per heavy atom. The third-order valence-electron chi connectivity index (χ3n) is 3.74. The standard InChI is InChI=1S/C13H24S/c1-2-4-8-12(9-5-3-1)14-13-10-6-7-11-13/h12-13H,1-11H2. The van der Waals surface area contributed by atoms with Gasteiger partial charge in [0.15, 0.2) is 0 Å². The Morgan fingerprint density at radius 1 is 0.500 bits per heavy atom. The summed E-state index contributed by atoms with van der Waals surface area (Å²) in [5.74, 6) is 0. The average molecular weight is 212 g/mol. The number of hydrogen-bond acceptors (Lipinski definition) is 1. The monoisotopic (exact) mass is 212 g/mol. The molecule has 2 aliphatic rings. The maximum absolute atomic E-state index is 2.35. The molecule has 14 heavy (non-hydrogen) atoms. The maximum Gasteiger partial charge on any atom is 0.00498 e. The van der Waals surface area contributed by atoms with Crippen LogP contribution < -0.4 is 0 Å². The van der Waals surface area contributed by atoms with Crippen LogP contribution in [0.4, 0.5) is 0 Å². The van der Waals surface area contributed by atoms with Crippen LogP contribution in [-0.4, -0.2) is 10.5 Å². The van der Waals surface area contributed by atoms with Gasteiger partial charge in [-0.2, -0.15) is 11.8 Å². The summed E-state index contributed by atoms with van der Waals surface area (Å²) < 4.78 is 0. The Bertz CT molecular complexity index is 141. The molecular weight excluding hydrogens is 188 g/mol. The summed E-state index contributed by atoms with van der Waals surface area (Å²) >= 11 is 2.35. The zero-order valence-corrected chi connectivity index (χ0v) is 10.2. The minimum Gasteiger partial charge on any atom is -0.155 e. The van der Waals surface area contributed by atoms with E-state index < -0.39 is 0 Å². The molecule has 2 fully saturated rings. The summed E-state index contributed by atoms with van der Waals surface area (Å²) in [6, 6.07) is 0. The molecule has 0 saturated heterocycles. The highest BCUT2D eigenvalue weighted by Crippen LogP contribution is 2.36. The van der Waals surface area contributed by atoms with E-state index in [9.17, 15) is 0 Å². The Hall–Kier alpha value is 0.350. The van der Waals surface area contributed by atoms with E-state index in [2.05, 4.69) is 11.8 Å². The van der Waals surface area contributed by atoms with Crippen LogP contribution in [0.5, 0.6) is 0 Å². The molecule has 0 amide bonds. The summed E-state index contributed by atoms with van der Waals surface area (Å²) in [5.41, 5.74) is 0. The Morgan fingerprint density at radius 2 is 0.857 bits per heavy atom. The van der Waals surface area contributed by atoms with Gasteiger partial charge in [0, 0.05) is 10.5 Å². The SMILES string of the molecule is C1CCCC(SC2CCCC2)CCC1. The van der Waals surface area contributed by atoms with Crippen molar-refractivity contribution in [3.05, 3.63) is 0 Å². The normalized spacial score (nSPS) is 27.4. The van der Waals surface area contributed by atoms with Gasteiger partial charge in [-0.05, 0) is 25.7 Å². The number of hydrogen-bond donors (Lipinski definition) is 0. The van der Waals surface area contributed by atoms with Gasteiger partial charge in [0.25, 0.3) is 0 Å². The molecule has 0 aromatic heterocycles. The van der Waals surface area contributed by atoms with Crippen molar-refractivity contribution in [3.8, 4) is 0 Å². The van der Waals surface area contributed by atoms with Crippen LogP contribution in [0, 0.1) is 0 Å². The zero-order chi connectivity index (χ0) is 9.64. The van der Waals surface area contributed by atoms with Gasteiger partial charge < -0.3 is 0 Å². The van der Waals surface area contributed by atoms with Crippen molar-refractivity contribution >= 4 is 11.8 Å². The molecule has 2 saturated carbocycles. The van der Waals surface area contributed by atoms with Crippen molar-refractivity contribution in [1.82, 2.24) is 0 Å². The minimum atomic E-state index is 1.03. The molecule has 0 spiro atoms. The lowest BCUT2D eigenvalue weighted by molar-refractivity contribution is 0.512. The minimum absolute atomic E-state index is 1.03.